The predicted molar refractivity (Wildman–Crippen MR) is 107 cm³/mol. The van der Waals surface area contributed by atoms with Crippen LogP contribution < -0.4 is 10.6 Å². The molecule has 25 heavy (non-hydrogen) atoms. The van der Waals surface area contributed by atoms with Gasteiger partial charge < -0.3 is 20.4 Å². The maximum absolute atomic E-state index is 4.72. The number of nitrogens with zero attached hydrogens (tertiary/aromatic N) is 3. The van der Waals surface area contributed by atoms with Gasteiger partial charge in [0.25, 0.3) is 0 Å². The van der Waals surface area contributed by atoms with E-state index in [1.54, 1.807) is 0 Å². The molecule has 1 aromatic rings. The fourth-order valence-corrected chi connectivity index (χ4v) is 3.03. The van der Waals surface area contributed by atoms with Gasteiger partial charge in [0.2, 0.25) is 0 Å². The van der Waals surface area contributed by atoms with Crippen LogP contribution in [0.4, 0.5) is 0 Å². The monoisotopic (exact) mass is 345 g/mol. The first-order valence-electron chi connectivity index (χ1n) is 9.66. The fourth-order valence-electron chi connectivity index (χ4n) is 3.03. The number of aliphatic imine (C=N–C) groups is 1. The Kier molecular flexibility index (Phi) is 8.77. The van der Waals surface area contributed by atoms with Crippen LogP contribution >= 0.6 is 0 Å². The zero-order valence-corrected chi connectivity index (χ0v) is 16.2. The lowest BCUT2D eigenvalue weighted by atomic mass is 10.1. The van der Waals surface area contributed by atoms with Gasteiger partial charge in [-0.1, -0.05) is 24.3 Å². The number of guanidine groups is 1. The highest BCUT2D eigenvalue weighted by atomic mass is 15.2. The molecule has 0 aliphatic carbocycles. The van der Waals surface area contributed by atoms with E-state index in [4.69, 9.17) is 4.99 Å². The number of likely N-dealkylation sites (N-methyl/N-ethyl adjacent to an activating group) is 1. The smallest absolute Gasteiger partial charge is 0.191 e. The van der Waals surface area contributed by atoms with Crippen LogP contribution in [0.2, 0.25) is 0 Å². The minimum absolute atomic E-state index is 0.725. The van der Waals surface area contributed by atoms with Crippen LogP contribution in [0.3, 0.4) is 0 Å². The van der Waals surface area contributed by atoms with Crippen LogP contribution in [0.5, 0.6) is 0 Å². The minimum atomic E-state index is 0.725. The second-order valence-electron chi connectivity index (χ2n) is 6.90. The lowest BCUT2D eigenvalue weighted by Crippen LogP contribution is -2.44. The highest BCUT2D eigenvalue weighted by Crippen LogP contribution is 2.08. The van der Waals surface area contributed by atoms with E-state index in [1.807, 2.05) is 0 Å². The molecule has 0 unspecified atom stereocenters. The van der Waals surface area contributed by atoms with Crippen LogP contribution in [0.1, 0.15) is 30.9 Å². The number of hydrogen-bond donors (Lipinski definition) is 2. The molecule has 1 aliphatic rings. The predicted octanol–water partition coefficient (Wildman–Crippen LogP) is 2.08. The molecule has 140 valence electrons. The molecule has 0 radical (unpaired) electrons. The molecule has 0 spiro atoms. The van der Waals surface area contributed by atoms with E-state index < -0.39 is 0 Å². The minimum Gasteiger partial charge on any atom is -0.357 e. The Morgan fingerprint density at radius 1 is 1.08 bits per heavy atom. The summed E-state index contributed by atoms with van der Waals surface area (Å²) in [4.78, 5) is 9.71. The van der Waals surface area contributed by atoms with Crippen LogP contribution in [-0.4, -0.2) is 68.6 Å². The molecule has 0 atom stereocenters. The van der Waals surface area contributed by atoms with Gasteiger partial charge in [0, 0.05) is 39.3 Å². The van der Waals surface area contributed by atoms with E-state index in [0.29, 0.717) is 0 Å². The maximum atomic E-state index is 4.72. The first-order valence-corrected chi connectivity index (χ1v) is 9.66. The van der Waals surface area contributed by atoms with E-state index in [1.165, 1.54) is 56.7 Å². The Bertz CT molecular complexity index is 521. The van der Waals surface area contributed by atoms with Crippen LogP contribution in [0, 0.1) is 6.92 Å². The summed E-state index contributed by atoms with van der Waals surface area (Å²) in [6.45, 7) is 12.9. The van der Waals surface area contributed by atoms with Gasteiger partial charge >= 0.3 is 0 Å². The fraction of sp³-hybridized carbons (Fsp3) is 0.650. The molecule has 1 heterocycles. The maximum Gasteiger partial charge on any atom is 0.191 e. The van der Waals surface area contributed by atoms with E-state index in [9.17, 15) is 0 Å². The van der Waals surface area contributed by atoms with Gasteiger partial charge in [0.05, 0.1) is 6.54 Å². The Morgan fingerprint density at radius 3 is 2.56 bits per heavy atom. The van der Waals surface area contributed by atoms with Crippen molar-refractivity contribution in [2.75, 3.05) is 52.9 Å². The number of piperazine rings is 1. The Balaban J connectivity index is 1.67. The van der Waals surface area contributed by atoms with E-state index in [0.717, 1.165) is 25.6 Å². The van der Waals surface area contributed by atoms with Crippen molar-refractivity contribution in [3.8, 4) is 0 Å². The number of unbranched alkanes of at least 4 members (excludes halogenated alkanes) is 1. The highest BCUT2D eigenvalue weighted by Gasteiger charge is 2.12. The summed E-state index contributed by atoms with van der Waals surface area (Å²) in [6.07, 6.45) is 2.43. The first kappa shape index (κ1) is 19.7. The van der Waals surface area contributed by atoms with Crippen molar-refractivity contribution >= 4 is 5.96 Å². The molecule has 0 amide bonds. The third-order valence-electron chi connectivity index (χ3n) is 4.80. The van der Waals surface area contributed by atoms with Crippen molar-refractivity contribution in [3.63, 3.8) is 0 Å². The molecule has 5 nitrogen and oxygen atoms in total. The van der Waals surface area contributed by atoms with E-state index in [2.05, 4.69) is 65.6 Å². The summed E-state index contributed by atoms with van der Waals surface area (Å²) in [5.41, 5.74) is 2.59. The van der Waals surface area contributed by atoms with Gasteiger partial charge in [-0.15, -0.1) is 0 Å². The second kappa shape index (κ2) is 11.1. The van der Waals surface area contributed by atoms with Gasteiger partial charge in [-0.3, -0.25) is 0 Å². The van der Waals surface area contributed by atoms with Crippen molar-refractivity contribution in [1.29, 1.82) is 0 Å². The summed E-state index contributed by atoms with van der Waals surface area (Å²) in [5.74, 6) is 0.922. The number of aryl methyl sites for hydroxylation is 1. The lowest BCUT2D eigenvalue weighted by Gasteiger charge is -2.32. The molecule has 1 aromatic carbocycles. The Morgan fingerprint density at radius 2 is 1.84 bits per heavy atom. The van der Waals surface area contributed by atoms with Crippen LogP contribution in [0.15, 0.2) is 29.3 Å². The first-order chi connectivity index (χ1) is 12.2. The number of rotatable bonds is 8. The molecule has 1 aliphatic heterocycles. The summed E-state index contributed by atoms with van der Waals surface area (Å²) < 4.78 is 0. The molecule has 5 heteroatoms. The average Bonchev–Trinajstić information content (AvgIpc) is 2.62. The van der Waals surface area contributed by atoms with Gasteiger partial charge in [-0.2, -0.15) is 0 Å². The normalized spacial score (nSPS) is 16.8. The van der Waals surface area contributed by atoms with Gasteiger partial charge in [-0.05, 0) is 51.4 Å². The standard InChI is InChI=1S/C20H35N5/c1-4-21-20(23-17-19-10-6-5-9-18(19)2)22-11-7-8-12-25-15-13-24(3)14-16-25/h5-6,9-10H,4,7-8,11-17H2,1-3H3,(H2,21,22,23). The summed E-state index contributed by atoms with van der Waals surface area (Å²) in [5, 5.41) is 6.81. The van der Waals surface area contributed by atoms with Crippen molar-refractivity contribution in [2.45, 2.75) is 33.2 Å². The Labute approximate surface area is 153 Å². The molecular formula is C20H35N5. The van der Waals surface area contributed by atoms with Gasteiger partial charge in [0.15, 0.2) is 5.96 Å². The molecule has 2 N–H and O–H groups in total. The number of hydrogen-bond acceptors (Lipinski definition) is 3. The topological polar surface area (TPSA) is 42.9 Å². The molecule has 0 saturated carbocycles. The summed E-state index contributed by atoms with van der Waals surface area (Å²) in [7, 11) is 2.21. The second-order valence-corrected chi connectivity index (χ2v) is 6.90. The molecule has 1 saturated heterocycles. The summed E-state index contributed by atoms with van der Waals surface area (Å²) in [6, 6.07) is 8.45. The highest BCUT2D eigenvalue weighted by molar-refractivity contribution is 5.79. The molecular weight excluding hydrogens is 310 g/mol. The quantitative estimate of drug-likeness (QED) is 0.430. The van der Waals surface area contributed by atoms with Crippen molar-refractivity contribution in [1.82, 2.24) is 20.4 Å². The third kappa shape index (κ3) is 7.45. The zero-order valence-electron chi connectivity index (χ0n) is 16.2. The van der Waals surface area contributed by atoms with Crippen molar-refractivity contribution < 1.29 is 0 Å². The van der Waals surface area contributed by atoms with Crippen LogP contribution in [0.25, 0.3) is 0 Å². The number of nitrogens with one attached hydrogen (secondary N) is 2. The Hall–Kier alpha value is -1.59. The molecule has 0 bridgehead atoms. The largest absolute Gasteiger partial charge is 0.357 e. The van der Waals surface area contributed by atoms with Crippen LogP contribution in [-0.2, 0) is 6.54 Å². The molecule has 0 aromatic heterocycles. The van der Waals surface area contributed by atoms with E-state index in [-0.39, 0.29) is 0 Å². The number of benzene rings is 1. The zero-order chi connectivity index (χ0) is 17.9. The summed E-state index contributed by atoms with van der Waals surface area (Å²) >= 11 is 0. The molecule has 2 rings (SSSR count). The average molecular weight is 346 g/mol. The lowest BCUT2D eigenvalue weighted by molar-refractivity contribution is 0.152. The van der Waals surface area contributed by atoms with E-state index >= 15 is 0 Å². The molecule has 1 fully saturated rings. The van der Waals surface area contributed by atoms with Gasteiger partial charge in [0.1, 0.15) is 0 Å². The van der Waals surface area contributed by atoms with Crippen molar-refractivity contribution in [2.24, 2.45) is 4.99 Å². The third-order valence-corrected chi connectivity index (χ3v) is 4.80. The van der Waals surface area contributed by atoms with Gasteiger partial charge in [-0.25, -0.2) is 4.99 Å². The SMILES string of the molecule is CCNC(=NCc1ccccc1C)NCCCCN1CCN(C)CC1. The van der Waals surface area contributed by atoms with Crippen molar-refractivity contribution in [3.05, 3.63) is 35.4 Å².